The van der Waals surface area contributed by atoms with E-state index in [-0.39, 0.29) is 12.1 Å². The first-order valence-electron chi connectivity index (χ1n) is 3.55. The summed E-state index contributed by atoms with van der Waals surface area (Å²) in [4.78, 5) is 5.03. The average Bonchev–Trinajstić information content (AvgIpc) is 2.34. The molecule has 0 aliphatic rings. The molecule has 14 heavy (non-hydrogen) atoms. The molecule has 6 nitrogen and oxygen atoms in total. The molecule has 0 atom stereocenters. The third-order valence-electron chi connectivity index (χ3n) is 1.42. The zero-order chi connectivity index (χ0) is 9.90. The van der Waals surface area contributed by atoms with Crippen LogP contribution >= 0.6 is 11.3 Å². The molecular formula is C6H12N2O4S2. The molecule has 0 spiro atoms. The van der Waals surface area contributed by atoms with E-state index in [4.69, 9.17) is 0 Å². The van der Waals surface area contributed by atoms with Crippen LogP contribution in [0.2, 0.25) is 0 Å². The van der Waals surface area contributed by atoms with Gasteiger partial charge in [0.2, 0.25) is 0 Å². The molecule has 0 aliphatic carbocycles. The summed E-state index contributed by atoms with van der Waals surface area (Å²) in [7, 11) is -3.81. The zero-order valence-electron chi connectivity index (χ0n) is 7.56. The highest BCUT2D eigenvalue weighted by Crippen LogP contribution is 2.12. The second-order valence-electron chi connectivity index (χ2n) is 2.43. The molecule has 82 valence electrons. The number of nitrogens with zero attached hydrogens (tertiary/aromatic N) is 1. The van der Waals surface area contributed by atoms with Crippen molar-refractivity contribution in [2.24, 2.45) is 5.14 Å². The second-order valence-corrected chi connectivity index (χ2v) is 4.59. The predicted molar refractivity (Wildman–Crippen MR) is 53.2 cm³/mol. The summed E-state index contributed by atoms with van der Waals surface area (Å²) >= 11 is 1.47. The van der Waals surface area contributed by atoms with Crippen molar-refractivity contribution in [2.75, 3.05) is 6.61 Å². The lowest BCUT2D eigenvalue weighted by Gasteiger charge is -1.98. The number of aryl methyl sites for hydroxylation is 1. The zero-order valence-corrected chi connectivity index (χ0v) is 9.19. The molecule has 0 radical (unpaired) electrons. The van der Waals surface area contributed by atoms with E-state index >= 15 is 0 Å². The maximum Gasteiger partial charge on any atom is 0.333 e. The van der Waals surface area contributed by atoms with E-state index in [2.05, 4.69) is 14.3 Å². The second kappa shape index (κ2) is 5.37. The lowest BCUT2D eigenvalue weighted by Crippen LogP contribution is -2.17. The Balaban J connectivity index is 0.00000169. The number of nitrogens with two attached hydrogens (primary N) is 1. The molecule has 0 aliphatic heterocycles. The van der Waals surface area contributed by atoms with E-state index in [1.54, 1.807) is 5.51 Å². The van der Waals surface area contributed by atoms with Crippen LogP contribution in [0.5, 0.6) is 0 Å². The first-order valence-corrected chi connectivity index (χ1v) is 5.90. The molecule has 1 aromatic rings. The van der Waals surface area contributed by atoms with Gasteiger partial charge >= 0.3 is 10.3 Å². The predicted octanol–water partition coefficient (Wildman–Crippen LogP) is -0.611. The highest BCUT2D eigenvalue weighted by Gasteiger charge is 2.05. The fourth-order valence-corrected chi connectivity index (χ4v) is 1.89. The van der Waals surface area contributed by atoms with Gasteiger partial charge in [0.25, 0.3) is 0 Å². The summed E-state index contributed by atoms with van der Waals surface area (Å²) in [6.45, 7) is 1.94. The summed E-state index contributed by atoms with van der Waals surface area (Å²) in [5.74, 6) is 0. The Morgan fingerprint density at radius 2 is 2.29 bits per heavy atom. The van der Waals surface area contributed by atoms with E-state index in [0.29, 0.717) is 6.42 Å². The molecule has 0 amide bonds. The number of hydrogen-bond acceptors (Lipinski definition) is 5. The minimum atomic E-state index is -3.81. The van der Waals surface area contributed by atoms with Gasteiger partial charge in [0.15, 0.2) is 0 Å². The highest BCUT2D eigenvalue weighted by molar-refractivity contribution is 7.84. The van der Waals surface area contributed by atoms with Gasteiger partial charge in [0.1, 0.15) is 0 Å². The first-order chi connectivity index (χ1) is 5.99. The summed E-state index contributed by atoms with van der Waals surface area (Å²) in [5, 5.41) is 4.65. The van der Waals surface area contributed by atoms with Crippen molar-refractivity contribution in [3.8, 4) is 0 Å². The van der Waals surface area contributed by atoms with Crippen LogP contribution in [-0.2, 0) is 20.9 Å². The Morgan fingerprint density at radius 3 is 2.71 bits per heavy atom. The van der Waals surface area contributed by atoms with Crippen LogP contribution in [-0.4, -0.2) is 25.5 Å². The van der Waals surface area contributed by atoms with Crippen molar-refractivity contribution >= 4 is 21.6 Å². The van der Waals surface area contributed by atoms with Gasteiger partial charge in [-0.1, -0.05) is 0 Å². The topological polar surface area (TPSA) is 114 Å². The Labute approximate surface area is 86.3 Å². The maximum atomic E-state index is 10.4. The van der Waals surface area contributed by atoms with Crippen LogP contribution in [0.15, 0.2) is 5.51 Å². The normalized spacial score (nSPS) is 11.0. The monoisotopic (exact) mass is 240 g/mol. The molecular weight excluding hydrogens is 228 g/mol. The Bertz CT molecular complexity index is 373. The van der Waals surface area contributed by atoms with Gasteiger partial charge in [-0.2, -0.15) is 8.42 Å². The average molecular weight is 240 g/mol. The highest BCUT2D eigenvalue weighted by atomic mass is 32.2. The quantitative estimate of drug-likeness (QED) is 0.756. The largest absolute Gasteiger partial charge is 0.412 e. The summed E-state index contributed by atoms with van der Waals surface area (Å²) < 4.78 is 25.2. The van der Waals surface area contributed by atoms with Crippen molar-refractivity contribution in [2.45, 2.75) is 13.3 Å². The summed E-state index contributed by atoms with van der Waals surface area (Å²) in [6, 6.07) is 0. The van der Waals surface area contributed by atoms with Gasteiger partial charge in [0.05, 0.1) is 17.8 Å². The van der Waals surface area contributed by atoms with Crippen LogP contribution in [0.4, 0.5) is 0 Å². The van der Waals surface area contributed by atoms with Gasteiger partial charge < -0.3 is 5.48 Å². The van der Waals surface area contributed by atoms with Crippen molar-refractivity contribution < 1.29 is 18.1 Å². The number of thiazole rings is 1. The van der Waals surface area contributed by atoms with E-state index in [1.165, 1.54) is 11.3 Å². The summed E-state index contributed by atoms with van der Waals surface area (Å²) in [5.41, 5.74) is 2.62. The molecule has 0 saturated carbocycles. The third kappa shape index (κ3) is 4.63. The number of aromatic nitrogens is 1. The van der Waals surface area contributed by atoms with Gasteiger partial charge in [-0.3, -0.25) is 4.18 Å². The van der Waals surface area contributed by atoms with Gasteiger partial charge in [-0.05, 0) is 6.92 Å². The minimum Gasteiger partial charge on any atom is -0.412 e. The van der Waals surface area contributed by atoms with Crippen molar-refractivity contribution in [1.29, 1.82) is 0 Å². The fraction of sp³-hybridized carbons (Fsp3) is 0.500. The third-order valence-corrected chi connectivity index (χ3v) is 2.91. The van der Waals surface area contributed by atoms with Crippen molar-refractivity contribution in [3.63, 3.8) is 0 Å². The van der Waals surface area contributed by atoms with Crippen LogP contribution in [0.1, 0.15) is 10.6 Å². The number of rotatable bonds is 4. The van der Waals surface area contributed by atoms with Crippen LogP contribution in [0.25, 0.3) is 0 Å². The van der Waals surface area contributed by atoms with E-state index in [1.807, 2.05) is 6.92 Å². The van der Waals surface area contributed by atoms with Gasteiger partial charge in [0, 0.05) is 11.3 Å². The molecule has 8 heteroatoms. The van der Waals surface area contributed by atoms with E-state index in [0.717, 1.165) is 10.6 Å². The lowest BCUT2D eigenvalue weighted by atomic mass is 10.3. The molecule has 0 bridgehead atoms. The maximum absolute atomic E-state index is 10.4. The van der Waals surface area contributed by atoms with Crippen LogP contribution < -0.4 is 5.14 Å². The summed E-state index contributed by atoms with van der Waals surface area (Å²) in [6.07, 6.45) is 0.521. The number of hydrogen-bond donors (Lipinski definition) is 1. The van der Waals surface area contributed by atoms with Crippen molar-refractivity contribution in [3.05, 3.63) is 16.1 Å². The van der Waals surface area contributed by atoms with Gasteiger partial charge in [-0.25, -0.2) is 10.1 Å². The minimum absolute atomic E-state index is 0. The Morgan fingerprint density at radius 1 is 1.64 bits per heavy atom. The van der Waals surface area contributed by atoms with Crippen LogP contribution in [0.3, 0.4) is 0 Å². The Kier molecular flexibility index (Phi) is 5.16. The standard InChI is InChI=1S/C6H10N2O3S2.H2O/c1-5-6(12-4-8-5)2-3-11-13(7,9)10;/h4H,2-3H2,1H3,(H2,7,9,10);1H2. The van der Waals surface area contributed by atoms with Gasteiger partial charge in [-0.15, -0.1) is 11.3 Å². The molecule has 4 N–H and O–H groups in total. The molecule has 1 rings (SSSR count). The first kappa shape index (κ1) is 13.5. The lowest BCUT2D eigenvalue weighted by molar-refractivity contribution is 0.323. The molecule has 1 aromatic heterocycles. The SMILES string of the molecule is Cc1ncsc1CCOS(N)(=O)=O.O. The molecule has 0 saturated heterocycles. The Hall–Kier alpha value is -0.540. The van der Waals surface area contributed by atoms with E-state index in [9.17, 15) is 8.42 Å². The smallest absolute Gasteiger partial charge is 0.333 e. The molecule has 1 heterocycles. The molecule has 0 aromatic carbocycles. The van der Waals surface area contributed by atoms with Crippen molar-refractivity contribution in [1.82, 2.24) is 4.98 Å². The van der Waals surface area contributed by atoms with E-state index < -0.39 is 10.3 Å². The molecule has 0 fully saturated rings. The fourth-order valence-electron chi connectivity index (χ4n) is 0.817. The molecule has 0 unspecified atom stereocenters. The van der Waals surface area contributed by atoms with Crippen LogP contribution in [0, 0.1) is 6.92 Å².